The van der Waals surface area contributed by atoms with E-state index >= 15 is 0 Å². The Morgan fingerprint density at radius 1 is 1.29 bits per heavy atom. The van der Waals surface area contributed by atoms with Gasteiger partial charge in [-0.3, -0.25) is 10.1 Å². The average Bonchev–Trinajstić information content (AvgIpc) is 2.49. The summed E-state index contributed by atoms with van der Waals surface area (Å²) in [7, 11) is 0. The second kappa shape index (κ2) is 6.69. The lowest BCUT2D eigenvalue weighted by molar-refractivity contribution is -0.139. The number of nitrogens with zero attached hydrogens (tertiary/aromatic N) is 1. The minimum Gasteiger partial charge on any atom is -0.480 e. The number of carbonyl (C=O) groups is 1. The molecule has 0 bridgehead atoms. The molecule has 0 aromatic heterocycles. The van der Waals surface area contributed by atoms with Gasteiger partial charge < -0.3 is 5.11 Å². The van der Waals surface area contributed by atoms with Crippen molar-refractivity contribution in [3.05, 3.63) is 70.8 Å². The highest BCUT2D eigenvalue weighted by Gasteiger charge is 2.18. The minimum absolute atomic E-state index is 0.434. The highest BCUT2D eigenvalue weighted by atomic mass is 16.4. The van der Waals surface area contributed by atoms with Crippen molar-refractivity contribution >= 4 is 5.97 Å². The molecule has 1 atom stereocenters. The third-order valence-electron chi connectivity index (χ3n) is 3.35. The molecule has 0 fully saturated rings. The van der Waals surface area contributed by atoms with Gasteiger partial charge in [-0.05, 0) is 35.7 Å². The van der Waals surface area contributed by atoms with Crippen molar-refractivity contribution in [1.29, 1.82) is 5.26 Å². The number of rotatable bonds is 5. The maximum absolute atomic E-state index is 11.4. The first-order valence-corrected chi connectivity index (χ1v) is 6.62. The van der Waals surface area contributed by atoms with Crippen LogP contribution in [0.15, 0.2) is 48.5 Å². The molecule has 1 unspecified atom stereocenters. The summed E-state index contributed by atoms with van der Waals surface area (Å²) in [4.78, 5) is 11.4. The maximum atomic E-state index is 11.4. The Labute approximate surface area is 123 Å². The van der Waals surface area contributed by atoms with Crippen LogP contribution < -0.4 is 5.32 Å². The highest BCUT2D eigenvalue weighted by Crippen LogP contribution is 2.16. The van der Waals surface area contributed by atoms with Gasteiger partial charge in [0.1, 0.15) is 6.04 Å². The summed E-state index contributed by atoms with van der Waals surface area (Å²) >= 11 is 0. The van der Waals surface area contributed by atoms with E-state index < -0.39 is 12.0 Å². The summed E-state index contributed by atoms with van der Waals surface area (Å²) in [5.74, 6) is -0.910. The minimum atomic E-state index is -0.910. The summed E-state index contributed by atoms with van der Waals surface area (Å²) in [6.07, 6.45) is 0. The topological polar surface area (TPSA) is 73.1 Å². The lowest BCUT2D eigenvalue weighted by Crippen LogP contribution is -2.28. The van der Waals surface area contributed by atoms with Gasteiger partial charge in [-0.1, -0.05) is 36.4 Å². The Kier molecular flexibility index (Phi) is 4.70. The SMILES string of the molecule is Cc1cc(C#N)ccc1CNC(C(=O)O)c1ccccc1. The summed E-state index contributed by atoms with van der Waals surface area (Å²) < 4.78 is 0. The van der Waals surface area contributed by atoms with E-state index in [4.69, 9.17) is 5.26 Å². The third kappa shape index (κ3) is 3.68. The monoisotopic (exact) mass is 280 g/mol. The highest BCUT2D eigenvalue weighted by molar-refractivity contribution is 5.75. The van der Waals surface area contributed by atoms with Gasteiger partial charge in [-0.15, -0.1) is 0 Å². The van der Waals surface area contributed by atoms with Crippen molar-refractivity contribution < 1.29 is 9.90 Å². The standard InChI is InChI=1S/C17H16N2O2/c1-12-9-13(10-18)7-8-15(12)11-19-16(17(20)21)14-5-3-2-4-6-14/h2-9,16,19H,11H2,1H3,(H,20,21). The zero-order valence-corrected chi connectivity index (χ0v) is 11.7. The third-order valence-corrected chi connectivity index (χ3v) is 3.35. The van der Waals surface area contributed by atoms with Crippen molar-refractivity contribution in [2.45, 2.75) is 19.5 Å². The summed E-state index contributed by atoms with van der Waals surface area (Å²) in [6.45, 7) is 2.35. The average molecular weight is 280 g/mol. The molecule has 2 aromatic rings. The van der Waals surface area contributed by atoms with Crippen LogP contribution in [0.2, 0.25) is 0 Å². The normalized spacial score (nSPS) is 11.6. The summed E-state index contributed by atoms with van der Waals surface area (Å²) in [5.41, 5.74) is 3.28. The molecule has 106 valence electrons. The Morgan fingerprint density at radius 2 is 2.00 bits per heavy atom. The van der Waals surface area contributed by atoms with Crippen molar-refractivity contribution in [3.63, 3.8) is 0 Å². The van der Waals surface area contributed by atoms with Crippen molar-refractivity contribution in [1.82, 2.24) is 5.32 Å². The Morgan fingerprint density at radius 3 is 2.57 bits per heavy atom. The number of carboxylic acids is 1. The van der Waals surface area contributed by atoms with Crippen molar-refractivity contribution in [3.8, 4) is 6.07 Å². The lowest BCUT2D eigenvalue weighted by atomic mass is 10.0. The van der Waals surface area contributed by atoms with Crippen LogP contribution in [0.4, 0.5) is 0 Å². The van der Waals surface area contributed by atoms with Crippen LogP contribution in [-0.2, 0) is 11.3 Å². The fraction of sp³-hybridized carbons (Fsp3) is 0.176. The number of hydrogen-bond donors (Lipinski definition) is 2. The Bertz CT molecular complexity index is 675. The molecule has 2 aromatic carbocycles. The fourth-order valence-electron chi connectivity index (χ4n) is 2.17. The van der Waals surface area contributed by atoms with E-state index in [1.165, 1.54) is 0 Å². The molecule has 4 heteroatoms. The van der Waals surface area contributed by atoms with Crippen LogP contribution in [0, 0.1) is 18.3 Å². The van der Waals surface area contributed by atoms with E-state index in [0.29, 0.717) is 12.1 Å². The van der Waals surface area contributed by atoms with Crippen LogP contribution in [-0.4, -0.2) is 11.1 Å². The maximum Gasteiger partial charge on any atom is 0.325 e. The van der Waals surface area contributed by atoms with E-state index in [-0.39, 0.29) is 0 Å². The molecular weight excluding hydrogens is 264 g/mol. The van der Waals surface area contributed by atoms with Gasteiger partial charge in [0.25, 0.3) is 0 Å². The molecule has 0 heterocycles. The van der Waals surface area contributed by atoms with E-state index in [0.717, 1.165) is 16.7 Å². The fourth-order valence-corrected chi connectivity index (χ4v) is 2.17. The number of carboxylic acid groups (broad SMARTS) is 1. The van der Waals surface area contributed by atoms with Gasteiger partial charge in [0.2, 0.25) is 0 Å². The molecule has 2 rings (SSSR count). The summed E-state index contributed by atoms with van der Waals surface area (Å²) in [5, 5.41) is 21.2. The molecule has 0 saturated carbocycles. The number of benzene rings is 2. The second-order valence-corrected chi connectivity index (χ2v) is 4.82. The summed E-state index contributed by atoms with van der Waals surface area (Å²) in [6, 6.07) is 15.8. The number of nitrogens with one attached hydrogen (secondary N) is 1. The van der Waals surface area contributed by atoms with Gasteiger partial charge in [0.05, 0.1) is 11.6 Å². The van der Waals surface area contributed by atoms with Gasteiger partial charge >= 0.3 is 5.97 Å². The van der Waals surface area contributed by atoms with Crippen LogP contribution in [0.25, 0.3) is 0 Å². The van der Waals surface area contributed by atoms with Crippen LogP contribution >= 0.6 is 0 Å². The van der Waals surface area contributed by atoms with E-state index in [1.807, 2.05) is 31.2 Å². The smallest absolute Gasteiger partial charge is 0.325 e. The molecule has 0 saturated heterocycles. The van der Waals surface area contributed by atoms with E-state index in [1.54, 1.807) is 24.3 Å². The van der Waals surface area contributed by atoms with Crippen molar-refractivity contribution in [2.24, 2.45) is 0 Å². The van der Waals surface area contributed by atoms with Gasteiger partial charge in [0, 0.05) is 6.54 Å². The predicted molar refractivity (Wildman–Crippen MR) is 79.6 cm³/mol. The van der Waals surface area contributed by atoms with Crippen LogP contribution in [0.1, 0.15) is 28.3 Å². The van der Waals surface area contributed by atoms with Crippen molar-refractivity contribution in [2.75, 3.05) is 0 Å². The first-order valence-electron chi connectivity index (χ1n) is 6.62. The zero-order chi connectivity index (χ0) is 15.2. The number of aliphatic carboxylic acids is 1. The molecule has 2 N–H and O–H groups in total. The molecule has 0 radical (unpaired) electrons. The molecular formula is C17H16N2O2. The Hall–Kier alpha value is -2.64. The Balaban J connectivity index is 2.13. The lowest BCUT2D eigenvalue weighted by Gasteiger charge is -2.16. The molecule has 0 aliphatic rings. The molecule has 0 aliphatic heterocycles. The predicted octanol–water partition coefficient (Wildman–Crippen LogP) is 2.78. The van der Waals surface area contributed by atoms with E-state index in [9.17, 15) is 9.90 Å². The number of hydrogen-bond acceptors (Lipinski definition) is 3. The van der Waals surface area contributed by atoms with Gasteiger partial charge in [0.15, 0.2) is 0 Å². The zero-order valence-electron chi connectivity index (χ0n) is 11.7. The first kappa shape index (κ1) is 14.8. The molecule has 0 amide bonds. The van der Waals surface area contributed by atoms with E-state index in [2.05, 4.69) is 11.4 Å². The second-order valence-electron chi connectivity index (χ2n) is 4.82. The molecule has 21 heavy (non-hydrogen) atoms. The van der Waals surface area contributed by atoms with Gasteiger partial charge in [-0.2, -0.15) is 5.26 Å². The first-order chi connectivity index (χ1) is 10.1. The molecule has 4 nitrogen and oxygen atoms in total. The molecule has 0 spiro atoms. The number of aryl methyl sites for hydroxylation is 1. The van der Waals surface area contributed by atoms with Crippen LogP contribution in [0.3, 0.4) is 0 Å². The largest absolute Gasteiger partial charge is 0.480 e. The van der Waals surface area contributed by atoms with Gasteiger partial charge in [-0.25, -0.2) is 0 Å². The molecule has 0 aliphatic carbocycles. The quantitative estimate of drug-likeness (QED) is 0.883. The van der Waals surface area contributed by atoms with Crippen LogP contribution in [0.5, 0.6) is 0 Å². The number of nitriles is 1.